The van der Waals surface area contributed by atoms with Crippen LogP contribution in [-0.2, 0) is 4.74 Å². The van der Waals surface area contributed by atoms with Gasteiger partial charge in [-0.2, -0.15) is 0 Å². The fraction of sp³-hybridized carbons (Fsp3) is 0.462. The second kappa shape index (κ2) is 5.67. The number of phenolic OH excluding ortho intramolecular Hbond substituents is 2. The lowest BCUT2D eigenvalue weighted by Gasteiger charge is -2.36. The smallest absolute Gasteiger partial charge is 0.257 e. The molecule has 2 atom stereocenters. The summed E-state index contributed by atoms with van der Waals surface area (Å²) in [6.45, 7) is 2.67. The van der Waals surface area contributed by atoms with Crippen LogP contribution in [0.3, 0.4) is 0 Å². The first-order valence-electron chi connectivity index (χ1n) is 6.04. The molecule has 0 radical (unpaired) electrons. The molecule has 0 saturated carbocycles. The molecule has 0 bridgehead atoms. The Morgan fingerprint density at radius 2 is 2.21 bits per heavy atom. The van der Waals surface area contributed by atoms with Crippen molar-refractivity contribution in [3.63, 3.8) is 0 Å². The van der Waals surface area contributed by atoms with Crippen LogP contribution in [0.1, 0.15) is 17.3 Å². The standard InChI is InChI=1S/C13H16ClNO4/c1-8-6-15(7-10(5-14)19-8)13(18)11-4-9(16)2-3-12(11)17/h2-4,8,10,16-17H,5-7H2,1H3. The number of aromatic hydroxyl groups is 2. The van der Waals surface area contributed by atoms with Gasteiger partial charge >= 0.3 is 0 Å². The van der Waals surface area contributed by atoms with E-state index in [1.165, 1.54) is 18.2 Å². The molecule has 19 heavy (non-hydrogen) atoms. The van der Waals surface area contributed by atoms with E-state index in [0.717, 1.165) is 0 Å². The molecule has 1 aliphatic rings. The molecule has 2 rings (SSSR count). The normalized spacial score (nSPS) is 23.4. The molecule has 0 aliphatic carbocycles. The number of nitrogens with zero attached hydrogens (tertiary/aromatic N) is 1. The van der Waals surface area contributed by atoms with E-state index in [9.17, 15) is 15.0 Å². The van der Waals surface area contributed by atoms with E-state index in [1.807, 2.05) is 6.92 Å². The van der Waals surface area contributed by atoms with Gasteiger partial charge in [-0.1, -0.05) is 0 Å². The van der Waals surface area contributed by atoms with Crippen molar-refractivity contribution in [3.05, 3.63) is 23.8 Å². The van der Waals surface area contributed by atoms with Gasteiger partial charge in [-0.15, -0.1) is 11.6 Å². The van der Waals surface area contributed by atoms with Gasteiger partial charge in [-0.25, -0.2) is 0 Å². The first kappa shape index (κ1) is 14.0. The van der Waals surface area contributed by atoms with E-state index in [2.05, 4.69) is 0 Å². The third kappa shape index (κ3) is 3.11. The molecule has 1 aromatic rings. The highest BCUT2D eigenvalue weighted by atomic mass is 35.5. The molecule has 5 nitrogen and oxygen atoms in total. The summed E-state index contributed by atoms with van der Waals surface area (Å²) >= 11 is 5.77. The SMILES string of the molecule is CC1CN(C(=O)c2cc(O)ccc2O)CC(CCl)O1. The van der Waals surface area contributed by atoms with Gasteiger partial charge in [0.05, 0.1) is 23.7 Å². The summed E-state index contributed by atoms with van der Waals surface area (Å²) in [5.74, 6) is -0.237. The molecule has 2 unspecified atom stereocenters. The Bertz CT molecular complexity index is 480. The maximum atomic E-state index is 12.3. The predicted octanol–water partition coefficient (Wildman–Crippen LogP) is 1.57. The van der Waals surface area contributed by atoms with Gasteiger partial charge in [0.2, 0.25) is 0 Å². The monoisotopic (exact) mass is 285 g/mol. The van der Waals surface area contributed by atoms with E-state index >= 15 is 0 Å². The molecule has 0 spiro atoms. The highest BCUT2D eigenvalue weighted by Gasteiger charge is 2.29. The van der Waals surface area contributed by atoms with Crippen molar-refractivity contribution in [1.82, 2.24) is 4.90 Å². The van der Waals surface area contributed by atoms with Crippen molar-refractivity contribution < 1.29 is 19.7 Å². The highest BCUT2D eigenvalue weighted by Crippen LogP contribution is 2.25. The summed E-state index contributed by atoms with van der Waals surface area (Å²) in [6, 6.07) is 3.88. The summed E-state index contributed by atoms with van der Waals surface area (Å²) in [5.41, 5.74) is 0.0856. The average Bonchev–Trinajstić information content (AvgIpc) is 2.40. The minimum Gasteiger partial charge on any atom is -0.508 e. The summed E-state index contributed by atoms with van der Waals surface area (Å²) in [5, 5.41) is 19.1. The number of phenols is 2. The topological polar surface area (TPSA) is 70.0 Å². The van der Waals surface area contributed by atoms with Crippen LogP contribution < -0.4 is 0 Å². The van der Waals surface area contributed by atoms with Crippen LogP contribution in [0.2, 0.25) is 0 Å². The van der Waals surface area contributed by atoms with Crippen LogP contribution >= 0.6 is 11.6 Å². The molecular formula is C13H16ClNO4. The molecule has 1 amide bonds. The van der Waals surface area contributed by atoms with E-state index in [4.69, 9.17) is 16.3 Å². The van der Waals surface area contributed by atoms with Crippen molar-refractivity contribution in [3.8, 4) is 11.5 Å². The Morgan fingerprint density at radius 1 is 1.47 bits per heavy atom. The molecule has 6 heteroatoms. The Hall–Kier alpha value is -1.46. The lowest BCUT2D eigenvalue weighted by Crippen LogP contribution is -2.49. The van der Waals surface area contributed by atoms with Gasteiger partial charge in [-0.3, -0.25) is 4.79 Å². The van der Waals surface area contributed by atoms with Crippen molar-refractivity contribution >= 4 is 17.5 Å². The number of carbonyl (C=O) groups excluding carboxylic acids is 1. The largest absolute Gasteiger partial charge is 0.508 e. The Kier molecular flexibility index (Phi) is 4.17. The molecule has 1 fully saturated rings. The van der Waals surface area contributed by atoms with Crippen molar-refractivity contribution in [2.45, 2.75) is 19.1 Å². The summed E-state index contributed by atoms with van der Waals surface area (Å²) in [7, 11) is 0. The number of carbonyl (C=O) groups is 1. The highest BCUT2D eigenvalue weighted by molar-refractivity contribution is 6.18. The number of alkyl halides is 1. The zero-order valence-electron chi connectivity index (χ0n) is 10.5. The van der Waals surface area contributed by atoms with Crippen molar-refractivity contribution in [2.75, 3.05) is 19.0 Å². The third-order valence-corrected chi connectivity index (χ3v) is 3.34. The first-order valence-corrected chi connectivity index (χ1v) is 6.57. The molecule has 1 heterocycles. The molecule has 1 aromatic carbocycles. The lowest BCUT2D eigenvalue weighted by atomic mass is 10.1. The molecule has 1 saturated heterocycles. The van der Waals surface area contributed by atoms with Crippen LogP contribution in [0, 0.1) is 0 Å². The fourth-order valence-electron chi connectivity index (χ4n) is 2.16. The summed E-state index contributed by atoms with van der Waals surface area (Å²) in [6.07, 6.45) is -0.324. The zero-order valence-corrected chi connectivity index (χ0v) is 11.3. The predicted molar refractivity (Wildman–Crippen MR) is 70.7 cm³/mol. The zero-order chi connectivity index (χ0) is 14.0. The van der Waals surface area contributed by atoms with Crippen LogP contribution in [0.5, 0.6) is 11.5 Å². The number of amides is 1. The lowest BCUT2D eigenvalue weighted by molar-refractivity contribution is -0.0571. The molecule has 0 aromatic heterocycles. The van der Waals surface area contributed by atoms with Crippen LogP contribution in [-0.4, -0.2) is 52.2 Å². The van der Waals surface area contributed by atoms with E-state index in [0.29, 0.717) is 19.0 Å². The Morgan fingerprint density at radius 3 is 2.89 bits per heavy atom. The second-order valence-electron chi connectivity index (χ2n) is 4.63. The van der Waals surface area contributed by atoms with Gasteiger partial charge in [0, 0.05) is 13.1 Å². The van der Waals surface area contributed by atoms with Gasteiger partial charge in [0.15, 0.2) is 0 Å². The van der Waals surface area contributed by atoms with Crippen LogP contribution in [0.25, 0.3) is 0 Å². The number of hydrogen-bond donors (Lipinski definition) is 2. The molecule has 2 N–H and O–H groups in total. The Balaban J connectivity index is 2.21. The third-order valence-electron chi connectivity index (χ3n) is 3.00. The first-order chi connectivity index (χ1) is 9.01. The number of rotatable bonds is 2. The average molecular weight is 286 g/mol. The van der Waals surface area contributed by atoms with Crippen LogP contribution in [0.15, 0.2) is 18.2 Å². The van der Waals surface area contributed by atoms with E-state index in [-0.39, 0.29) is 35.2 Å². The minimum atomic E-state index is -0.335. The second-order valence-corrected chi connectivity index (χ2v) is 4.94. The number of ether oxygens (including phenoxy) is 1. The van der Waals surface area contributed by atoms with Gasteiger partial charge in [0.1, 0.15) is 11.5 Å². The number of morpholine rings is 1. The fourth-order valence-corrected chi connectivity index (χ4v) is 2.33. The van der Waals surface area contributed by atoms with Gasteiger partial charge in [0.25, 0.3) is 5.91 Å². The quantitative estimate of drug-likeness (QED) is 0.639. The number of hydrogen-bond acceptors (Lipinski definition) is 4. The molecule has 104 valence electrons. The maximum Gasteiger partial charge on any atom is 0.257 e. The number of benzene rings is 1. The van der Waals surface area contributed by atoms with Crippen LogP contribution in [0.4, 0.5) is 0 Å². The minimum absolute atomic E-state index is 0.0589. The Labute approximate surface area is 116 Å². The van der Waals surface area contributed by atoms with Crippen molar-refractivity contribution in [2.24, 2.45) is 0 Å². The van der Waals surface area contributed by atoms with E-state index < -0.39 is 0 Å². The summed E-state index contributed by atoms with van der Waals surface area (Å²) < 4.78 is 5.57. The summed E-state index contributed by atoms with van der Waals surface area (Å²) in [4.78, 5) is 13.9. The molecule has 1 aliphatic heterocycles. The number of halogens is 1. The van der Waals surface area contributed by atoms with Crippen molar-refractivity contribution in [1.29, 1.82) is 0 Å². The van der Waals surface area contributed by atoms with Gasteiger partial charge in [-0.05, 0) is 25.1 Å². The molecular weight excluding hydrogens is 270 g/mol. The maximum absolute atomic E-state index is 12.3. The van der Waals surface area contributed by atoms with Gasteiger partial charge < -0.3 is 19.8 Å². The van der Waals surface area contributed by atoms with E-state index in [1.54, 1.807) is 4.90 Å².